The van der Waals surface area contributed by atoms with Crippen molar-refractivity contribution < 1.29 is 19.0 Å². The van der Waals surface area contributed by atoms with Crippen molar-refractivity contribution in [1.29, 1.82) is 0 Å². The highest BCUT2D eigenvalue weighted by molar-refractivity contribution is 6.30. The van der Waals surface area contributed by atoms with E-state index in [1.807, 2.05) is 31.2 Å². The first kappa shape index (κ1) is 18.9. The van der Waals surface area contributed by atoms with Gasteiger partial charge >= 0.3 is 0 Å². The van der Waals surface area contributed by atoms with Crippen molar-refractivity contribution in [2.24, 2.45) is 0 Å². The van der Waals surface area contributed by atoms with Crippen molar-refractivity contribution in [2.45, 2.75) is 19.4 Å². The number of benzene rings is 2. The molecule has 0 spiro atoms. The van der Waals surface area contributed by atoms with Crippen LogP contribution in [0.5, 0.6) is 17.2 Å². The summed E-state index contributed by atoms with van der Waals surface area (Å²) in [5.41, 5.74) is 0. The van der Waals surface area contributed by atoms with Gasteiger partial charge in [0.15, 0.2) is 6.10 Å². The molecule has 1 amide bonds. The Labute approximate surface area is 152 Å². The van der Waals surface area contributed by atoms with Gasteiger partial charge < -0.3 is 19.5 Å². The van der Waals surface area contributed by atoms with Crippen LogP contribution >= 0.6 is 11.6 Å². The number of hydrogen-bond donors (Lipinski definition) is 1. The van der Waals surface area contributed by atoms with Crippen LogP contribution in [-0.2, 0) is 4.79 Å². The Hall–Kier alpha value is -2.40. The summed E-state index contributed by atoms with van der Waals surface area (Å²) in [6, 6.07) is 14.2. The fraction of sp³-hybridized carbons (Fsp3) is 0.316. The zero-order chi connectivity index (χ0) is 18.1. The van der Waals surface area contributed by atoms with Gasteiger partial charge in [0.2, 0.25) is 0 Å². The summed E-state index contributed by atoms with van der Waals surface area (Å²) < 4.78 is 16.4. The monoisotopic (exact) mass is 363 g/mol. The van der Waals surface area contributed by atoms with Gasteiger partial charge in [0, 0.05) is 5.02 Å². The van der Waals surface area contributed by atoms with Crippen LogP contribution in [0.3, 0.4) is 0 Å². The van der Waals surface area contributed by atoms with E-state index in [4.69, 9.17) is 25.8 Å². The van der Waals surface area contributed by atoms with Gasteiger partial charge in [0.05, 0.1) is 13.7 Å². The topological polar surface area (TPSA) is 56.8 Å². The number of nitrogens with one attached hydrogen (secondary N) is 1. The van der Waals surface area contributed by atoms with Crippen LogP contribution in [0.15, 0.2) is 48.5 Å². The van der Waals surface area contributed by atoms with Crippen molar-refractivity contribution >= 4 is 17.5 Å². The summed E-state index contributed by atoms with van der Waals surface area (Å²) >= 11 is 5.84. The van der Waals surface area contributed by atoms with Gasteiger partial charge in [-0.1, -0.05) is 18.5 Å². The van der Waals surface area contributed by atoms with Crippen molar-refractivity contribution in [3.63, 3.8) is 0 Å². The lowest BCUT2D eigenvalue weighted by atomic mass is 10.2. The smallest absolute Gasteiger partial charge is 0.261 e. The lowest BCUT2D eigenvalue weighted by molar-refractivity contribution is -0.128. The van der Waals surface area contributed by atoms with Crippen molar-refractivity contribution in [1.82, 2.24) is 5.32 Å². The normalized spacial score (nSPS) is 11.5. The van der Waals surface area contributed by atoms with Gasteiger partial charge in [0.1, 0.15) is 23.9 Å². The molecule has 0 saturated heterocycles. The largest absolute Gasteiger partial charge is 0.497 e. The summed E-state index contributed by atoms with van der Waals surface area (Å²) in [7, 11) is 1.61. The van der Waals surface area contributed by atoms with E-state index in [-0.39, 0.29) is 5.91 Å². The highest BCUT2D eigenvalue weighted by atomic mass is 35.5. The Morgan fingerprint density at radius 3 is 2.24 bits per heavy atom. The molecule has 0 bridgehead atoms. The SMILES string of the molecule is CC[C@H](Oc1ccc(Cl)cc1)C(=O)NCCOc1ccc(OC)cc1. The van der Waals surface area contributed by atoms with E-state index in [1.165, 1.54) is 0 Å². The molecular formula is C19H22ClNO4. The quantitative estimate of drug-likeness (QED) is 0.690. The molecule has 0 aromatic heterocycles. The minimum absolute atomic E-state index is 0.171. The number of amides is 1. The zero-order valence-electron chi connectivity index (χ0n) is 14.3. The predicted molar refractivity (Wildman–Crippen MR) is 97.7 cm³/mol. The Morgan fingerprint density at radius 1 is 1.04 bits per heavy atom. The minimum Gasteiger partial charge on any atom is -0.497 e. The van der Waals surface area contributed by atoms with E-state index in [2.05, 4.69) is 5.32 Å². The summed E-state index contributed by atoms with van der Waals surface area (Å²) in [6.45, 7) is 2.66. The lowest BCUT2D eigenvalue weighted by Gasteiger charge is -2.17. The third-order valence-electron chi connectivity index (χ3n) is 3.48. The Balaban J connectivity index is 1.74. The van der Waals surface area contributed by atoms with Gasteiger partial charge in [-0.05, 0) is 55.0 Å². The first-order valence-electron chi connectivity index (χ1n) is 8.09. The van der Waals surface area contributed by atoms with Gasteiger partial charge in [-0.15, -0.1) is 0 Å². The van der Waals surface area contributed by atoms with Gasteiger partial charge in [-0.25, -0.2) is 0 Å². The van der Waals surface area contributed by atoms with Crippen LogP contribution < -0.4 is 19.5 Å². The molecule has 0 aliphatic rings. The van der Waals surface area contributed by atoms with Crippen molar-refractivity contribution in [2.75, 3.05) is 20.3 Å². The molecule has 5 nitrogen and oxygen atoms in total. The van der Waals surface area contributed by atoms with Gasteiger partial charge in [-0.2, -0.15) is 0 Å². The van der Waals surface area contributed by atoms with Gasteiger partial charge in [-0.3, -0.25) is 4.79 Å². The molecule has 0 heterocycles. The van der Waals surface area contributed by atoms with Gasteiger partial charge in [0.25, 0.3) is 5.91 Å². The molecule has 25 heavy (non-hydrogen) atoms. The predicted octanol–water partition coefficient (Wildman–Crippen LogP) is 3.70. The van der Waals surface area contributed by atoms with Crippen LogP contribution in [0.2, 0.25) is 5.02 Å². The molecule has 1 N–H and O–H groups in total. The Kier molecular flexibility index (Phi) is 7.41. The van der Waals surface area contributed by atoms with Crippen LogP contribution in [0.1, 0.15) is 13.3 Å². The van der Waals surface area contributed by atoms with Crippen molar-refractivity contribution in [3.8, 4) is 17.2 Å². The summed E-state index contributed by atoms with van der Waals surface area (Å²) in [5.74, 6) is 1.93. The van der Waals surface area contributed by atoms with Crippen LogP contribution in [-0.4, -0.2) is 32.3 Å². The number of rotatable bonds is 9. The highest BCUT2D eigenvalue weighted by Gasteiger charge is 2.17. The standard InChI is InChI=1S/C19H22ClNO4/c1-3-18(25-17-6-4-14(20)5-7-17)19(22)21-12-13-24-16-10-8-15(23-2)9-11-16/h4-11,18H,3,12-13H2,1-2H3,(H,21,22)/t18-/m0/s1. The number of halogens is 1. The molecule has 0 saturated carbocycles. The highest BCUT2D eigenvalue weighted by Crippen LogP contribution is 2.18. The maximum absolute atomic E-state index is 12.2. The molecule has 0 unspecified atom stereocenters. The van der Waals surface area contributed by atoms with Crippen molar-refractivity contribution in [3.05, 3.63) is 53.6 Å². The first-order valence-corrected chi connectivity index (χ1v) is 8.47. The maximum atomic E-state index is 12.2. The molecular weight excluding hydrogens is 342 g/mol. The van der Waals surface area contributed by atoms with Crippen LogP contribution in [0, 0.1) is 0 Å². The molecule has 0 fully saturated rings. The van der Waals surface area contributed by atoms with Crippen LogP contribution in [0.4, 0.5) is 0 Å². The molecule has 134 valence electrons. The molecule has 2 aromatic rings. The van der Waals surface area contributed by atoms with E-state index in [9.17, 15) is 4.79 Å². The van der Waals surface area contributed by atoms with Crippen LogP contribution in [0.25, 0.3) is 0 Å². The number of methoxy groups -OCH3 is 1. The second-order valence-corrected chi connectivity index (χ2v) is 5.72. The molecule has 0 aliphatic carbocycles. The maximum Gasteiger partial charge on any atom is 0.261 e. The van der Waals surface area contributed by atoms with E-state index in [1.54, 1.807) is 31.4 Å². The average molecular weight is 364 g/mol. The Bertz CT molecular complexity index is 658. The first-order chi connectivity index (χ1) is 12.1. The van der Waals surface area contributed by atoms with E-state index < -0.39 is 6.10 Å². The second kappa shape index (κ2) is 9.79. The second-order valence-electron chi connectivity index (χ2n) is 5.28. The van der Waals surface area contributed by atoms with E-state index in [0.29, 0.717) is 30.3 Å². The average Bonchev–Trinajstić information content (AvgIpc) is 2.65. The number of ether oxygens (including phenoxy) is 3. The lowest BCUT2D eigenvalue weighted by Crippen LogP contribution is -2.39. The zero-order valence-corrected chi connectivity index (χ0v) is 15.1. The molecule has 2 aromatic carbocycles. The molecule has 0 radical (unpaired) electrons. The molecule has 6 heteroatoms. The van der Waals surface area contributed by atoms with E-state index >= 15 is 0 Å². The number of carbonyl (C=O) groups is 1. The molecule has 1 atom stereocenters. The minimum atomic E-state index is -0.554. The number of hydrogen-bond acceptors (Lipinski definition) is 4. The fourth-order valence-corrected chi connectivity index (χ4v) is 2.25. The number of carbonyl (C=O) groups excluding carboxylic acids is 1. The fourth-order valence-electron chi connectivity index (χ4n) is 2.13. The summed E-state index contributed by atoms with van der Waals surface area (Å²) in [5, 5.41) is 3.44. The summed E-state index contributed by atoms with van der Waals surface area (Å²) in [4.78, 5) is 12.2. The third-order valence-corrected chi connectivity index (χ3v) is 3.74. The third kappa shape index (κ3) is 6.19. The molecule has 2 rings (SSSR count). The Morgan fingerprint density at radius 2 is 1.64 bits per heavy atom. The van der Waals surface area contributed by atoms with E-state index in [0.717, 1.165) is 11.5 Å². The summed E-state index contributed by atoms with van der Waals surface area (Å²) in [6.07, 6.45) is 0.00974. The molecule has 0 aliphatic heterocycles.